The Morgan fingerprint density at radius 1 is 1.42 bits per heavy atom. The van der Waals surface area contributed by atoms with Gasteiger partial charge in [-0.1, -0.05) is 30.9 Å². The Bertz CT molecular complexity index is 311. The van der Waals surface area contributed by atoms with Crippen molar-refractivity contribution in [1.82, 2.24) is 0 Å². The zero-order valence-corrected chi connectivity index (χ0v) is 7.12. The Balaban J connectivity index is 2.96. The summed E-state index contributed by atoms with van der Waals surface area (Å²) in [7, 11) is 0. The fraction of sp³-hybridized carbons (Fsp3) is 0.0909. The van der Waals surface area contributed by atoms with E-state index >= 15 is 0 Å². The fourth-order valence-corrected chi connectivity index (χ4v) is 0.961. The van der Waals surface area contributed by atoms with Crippen LogP contribution in [0.1, 0.15) is 11.1 Å². The molecule has 12 heavy (non-hydrogen) atoms. The van der Waals surface area contributed by atoms with E-state index in [1.807, 2.05) is 31.2 Å². The smallest absolute Gasteiger partial charge is 0.118 e. The zero-order valence-electron chi connectivity index (χ0n) is 7.12. The van der Waals surface area contributed by atoms with Gasteiger partial charge in [-0.25, -0.2) is 0 Å². The van der Waals surface area contributed by atoms with E-state index in [2.05, 4.69) is 6.58 Å². The highest BCUT2D eigenvalue weighted by Gasteiger charge is 1.93. The van der Waals surface area contributed by atoms with Gasteiger partial charge in [0.05, 0.1) is 0 Å². The lowest BCUT2D eigenvalue weighted by molar-refractivity contribution is 0.471. The summed E-state index contributed by atoms with van der Waals surface area (Å²) >= 11 is 0. The Labute approximate surface area is 72.7 Å². The largest absolute Gasteiger partial charge is 0.508 e. The van der Waals surface area contributed by atoms with Crippen molar-refractivity contribution in [3.8, 4) is 5.75 Å². The molecular weight excluding hydrogens is 148 g/mol. The van der Waals surface area contributed by atoms with Crippen LogP contribution >= 0.6 is 0 Å². The highest BCUT2D eigenvalue weighted by atomic mass is 16.3. The van der Waals surface area contributed by atoms with Crippen LogP contribution in [0.4, 0.5) is 0 Å². The van der Waals surface area contributed by atoms with Crippen LogP contribution in [0.3, 0.4) is 0 Å². The normalized spacial score (nSPS) is 10.4. The highest BCUT2D eigenvalue weighted by molar-refractivity contribution is 5.54. The molecule has 0 atom stereocenters. The van der Waals surface area contributed by atoms with E-state index < -0.39 is 0 Å². The molecule has 0 aliphatic carbocycles. The van der Waals surface area contributed by atoms with Gasteiger partial charge in [-0.05, 0) is 30.2 Å². The van der Waals surface area contributed by atoms with Crippen LogP contribution < -0.4 is 0 Å². The summed E-state index contributed by atoms with van der Waals surface area (Å²) in [5.41, 5.74) is 1.96. The molecule has 1 N–H and O–H groups in total. The van der Waals surface area contributed by atoms with E-state index in [0.717, 1.165) is 11.1 Å². The monoisotopic (exact) mass is 160 g/mol. The number of phenols is 1. The topological polar surface area (TPSA) is 20.2 Å². The molecule has 1 aromatic carbocycles. The summed E-state index contributed by atoms with van der Waals surface area (Å²) in [4.78, 5) is 0. The van der Waals surface area contributed by atoms with Crippen LogP contribution in [-0.4, -0.2) is 5.11 Å². The second-order valence-corrected chi connectivity index (χ2v) is 2.64. The van der Waals surface area contributed by atoms with Crippen LogP contribution in [0, 0.1) is 6.92 Å². The van der Waals surface area contributed by atoms with Crippen molar-refractivity contribution in [3.05, 3.63) is 48.1 Å². The molecule has 0 fully saturated rings. The van der Waals surface area contributed by atoms with Gasteiger partial charge in [0.25, 0.3) is 0 Å². The van der Waals surface area contributed by atoms with Crippen molar-refractivity contribution >= 4 is 6.08 Å². The van der Waals surface area contributed by atoms with E-state index in [1.54, 1.807) is 12.1 Å². The lowest BCUT2D eigenvalue weighted by Crippen LogP contribution is -1.76. The number of aromatic hydroxyl groups is 1. The molecule has 0 heterocycles. The second kappa shape index (κ2) is 3.77. The third kappa shape index (κ3) is 1.99. The minimum absolute atomic E-state index is 0.339. The summed E-state index contributed by atoms with van der Waals surface area (Å²) < 4.78 is 0. The molecule has 0 unspecified atom stereocenters. The molecule has 1 heteroatoms. The number of hydrogen-bond acceptors (Lipinski definition) is 1. The molecule has 0 radical (unpaired) electrons. The molecule has 1 aromatic rings. The van der Waals surface area contributed by atoms with Crippen molar-refractivity contribution in [2.24, 2.45) is 0 Å². The quantitative estimate of drug-likeness (QED) is 0.659. The van der Waals surface area contributed by atoms with Crippen LogP contribution in [-0.2, 0) is 0 Å². The molecule has 0 aliphatic rings. The number of benzene rings is 1. The third-order valence-electron chi connectivity index (χ3n) is 1.65. The molecule has 0 saturated heterocycles. The molecule has 1 rings (SSSR count). The van der Waals surface area contributed by atoms with Gasteiger partial charge >= 0.3 is 0 Å². The third-order valence-corrected chi connectivity index (χ3v) is 1.65. The van der Waals surface area contributed by atoms with Gasteiger partial charge < -0.3 is 5.11 Å². The number of aryl methyl sites for hydroxylation is 1. The van der Waals surface area contributed by atoms with Gasteiger partial charge in [0.15, 0.2) is 0 Å². The summed E-state index contributed by atoms with van der Waals surface area (Å²) in [6.07, 6.45) is 5.54. The van der Waals surface area contributed by atoms with Crippen LogP contribution in [0.2, 0.25) is 0 Å². The van der Waals surface area contributed by atoms with Crippen LogP contribution in [0.5, 0.6) is 5.75 Å². The molecule has 0 aliphatic heterocycles. The summed E-state index contributed by atoms with van der Waals surface area (Å²) in [5, 5.41) is 9.22. The molecule has 0 spiro atoms. The summed E-state index contributed by atoms with van der Waals surface area (Å²) in [6, 6.07) is 5.48. The molecule has 62 valence electrons. The predicted octanol–water partition coefficient (Wildman–Crippen LogP) is 2.90. The van der Waals surface area contributed by atoms with Gasteiger partial charge in [-0.3, -0.25) is 0 Å². The molecule has 0 aromatic heterocycles. The first kappa shape index (κ1) is 8.60. The number of phenolic OH excluding ortho intramolecular Hbond substituents is 1. The standard InChI is InChI=1S/C11H12O/c1-3-4-5-10-6-7-11(12)9(2)8-10/h3-8,12H,1H2,2H3/b5-4+. The van der Waals surface area contributed by atoms with Gasteiger partial charge in [0.2, 0.25) is 0 Å². The predicted molar refractivity (Wildman–Crippen MR) is 52.1 cm³/mol. The van der Waals surface area contributed by atoms with Gasteiger partial charge in [-0.15, -0.1) is 0 Å². The van der Waals surface area contributed by atoms with E-state index in [-0.39, 0.29) is 0 Å². The molecule has 0 bridgehead atoms. The van der Waals surface area contributed by atoms with E-state index in [0.29, 0.717) is 5.75 Å². The zero-order chi connectivity index (χ0) is 8.97. The first-order valence-corrected chi connectivity index (χ1v) is 3.83. The van der Waals surface area contributed by atoms with Gasteiger partial charge in [-0.2, -0.15) is 0 Å². The Kier molecular flexibility index (Phi) is 2.70. The van der Waals surface area contributed by atoms with Crippen molar-refractivity contribution in [3.63, 3.8) is 0 Å². The lowest BCUT2D eigenvalue weighted by Gasteiger charge is -1.98. The highest BCUT2D eigenvalue weighted by Crippen LogP contribution is 2.17. The maximum absolute atomic E-state index is 9.22. The van der Waals surface area contributed by atoms with E-state index in [1.165, 1.54) is 0 Å². The Hall–Kier alpha value is -1.50. The molecular formula is C11H12O. The van der Waals surface area contributed by atoms with Gasteiger partial charge in [0, 0.05) is 0 Å². The summed E-state index contributed by atoms with van der Waals surface area (Å²) in [6.45, 7) is 5.46. The van der Waals surface area contributed by atoms with E-state index in [9.17, 15) is 5.11 Å². The Morgan fingerprint density at radius 3 is 2.75 bits per heavy atom. The molecule has 0 saturated carbocycles. The van der Waals surface area contributed by atoms with Crippen molar-refractivity contribution in [1.29, 1.82) is 0 Å². The Morgan fingerprint density at radius 2 is 2.17 bits per heavy atom. The maximum atomic E-state index is 9.22. The minimum atomic E-state index is 0.339. The molecule has 1 nitrogen and oxygen atoms in total. The van der Waals surface area contributed by atoms with Crippen LogP contribution in [0.15, 0.2) is 36.9 Å². The SMILES string of the molecule is C=C/C=C/c1ccc(O)c(C)c1. The van der Waals surface area contributed by atoms with Crippen molar-refractivity contribution in [2.45, 2.75) is 6.92 Å². The second-order valence-electron chi connectivity index (χ2n) is 2.64. The lowest BCUT2D eigenvalue weighted by atomic mass is 10.1. The first-order valence-electron chi connectivity index (χ1n) is 3.83. The average molecular weight is 160 g/mol. The van der Waals surface area contributed by atoms with Gasteiger partial charge in [0.1, 0.15) is 5.75 Å². The number of allylic oxidation sites excluding steroid dienone is 2. The van der Waals surface area contributed by atoms with Crippen molar-refractivity contribution < 1.29 is 5.11 Å². The summed E-state index contributed by atoms with van der Waals surface area (Å²) in [5.74, 6) is 0.339. The van der Waals surface area contributed by atoms with E-state index in [4.69, 9.17) is 0 Å². The number of rotatable bonds is 2. The average Bonchev–Trinajstić information content (AvgIpc) is 2.07. The number of hydrogen-bond donors (Lipinski definition) is 1. The molecule has 0 amide bonds. The first-order chi connectivity index (χ1) is 5.74. The van der Waals surface area contributed by atoms with Crippen LogP contribution in [0.25, 0.3) is 6.08 Å². The fourth-order valence-electron chi connectivity index (χ4n) is 0.961. The maximum Gasteiger partial charge on any atom is 0.118 e. The van der Waals surface area contributed by atoms with Crippen molar-refractivity contribution in [2.75, 3.05) is 0 Å². The minimum Gasteiger partial charge on any atom is -0.508 e.